The van der Waals surface area contributed by atoms with Gasteiger partial charge in [-0.2, -0.15) is 5.10 Å². The van der Waals surface area contributed by atoms with Crippen LogP contribution < -0.4 is 0 Å². The first-order valence-corrected chi connectivity index (χ1v) is 6.76. The fourth-order valence-corrected chi connectivity index (χ4v) is 2.91. The van der Waals surface area contributed by atoms with Crippen molar-refractivity contribution in [1.82, 2.24) is 9.78 Å². The minimum atomic E-state index is 0.592. The molecule has 1 atom stereocenters. The highest BCUT2D eigenvalue weighted by Gasteiger charge is 2.25. The third kappa shape index (κ3) is 2.31. The van der Waals surface area contributed by atoms with Crippen molar-refractivity contribution in [1.29, 1.82) is 0 Å². The number of hydrogen-bond acceptors (Lipinski definition) is 1. The van der Waals surface area contributed by atoms with Gasteiger partial charge in [0.1, 0.15) is 0 Å². The summed E-state index contributed by atoms with van der Waals surface area (Å²) in [6.07, 6.45) is 11.1. The van der Waals surface area contributed by atoms with Crippen LogP contribution in [0.1, 0.15) is 70.4 Å². The lowest BCUT2D eigenvalue weighted by atomic mass is 9.96. The molecule has 1 aliphatic rings. The van der Waals surface area contributed by atoms with Gasteiger partial charge in [0, 0.05) is 6.20 Å². The molecule has 1 heterocycles. The van der Waals surface area contributed by atoms with Crippen LogP contribution in [0, 0.1) is 5.92 Å². The van der Waals surface area contributed by atoms with E-state index < -0.39 is 0 Å². The second-order valence-corrected chi connectivity index (χ2v) is 5.43. The molecule has 1 unspecified atom stereocenters. The molecule has 0 aliphatic heterocycles. The van der Waals surface area contributed by atoms with Crippen LogP contribution in [-0.4, -0.2) is 9.78 Å². The Labute approximate surface area is 99.0 Å². The zero-order valence-corrected chi connectivity index (χ0v) is 10.8. The molecule has 16 heavy (non-hydrogen) atoms. The van der Waals surface area contributed by atoms with Crippen LogP contribution in [0.25, 0.3) is 0 Å². The van der Waals surface area contributed by atoms with E-state index in [9.17, 15) is 0 Å². The molecule has 0 bridgehead atoms. The van der Waals surface area contributed by atoms with Gasteiger partial charge in [-0.3, -0.25) is 4.68 Å². The predicted molar refractivity (Wildman–Crippen MR) is 67.6 cm³/mol. The van der Waals surface area contributed by atoms with E-state index in [-0.39, 0.29) is 0 Å². The molecule has 1 saturated carbocycles. The summed E-state index contributed by atoms with van der Waals surface area (Å²) in [5, 5.41) is 4.57. The van der Waals surface area contributed by atoms with Crippen LogP contribution in [0.3, 0.4) is 0 Å². The Morgan fingerprint density at radius 1 is 1.38 bits per heavy atom. The van der Waals surface area contributed by atoms with Gasteiger partial charge >= 0.3 is 0 Å². The van der Waals surface area contributed by atoms with Crippen molar-refractivity contribution in [3.05, 3.63) is 18.0 Å². The molecule has 2 rings (SSSR count). The van der Waals surface area contributed by atoms with E-state index in [0.717, 1.165) is 5.92 Å². The van der Waals surface area contributed by atoms with Gasteiger partial charge in [0.2, 0.25) is 0 Å². The van der Waals surface area contributed by atoms with Crippen molar-refractivity contribution in [2.45, 2.75) is 64.8 Å². The molecule has 2 heteroatoms. The van der Waals surface area contributed by atoms with Crippen LogP contribution in [0.4, 0.5) is 0 Å². The summed E-state index contributed by atoms with van der Waals surface area (Å²) in [6, 6.07) is 0.634. The number of rotatable bonds is 4. The fraction of sp³-hybridized carbons (Fsp3) is 0.786. The molecule has 0 amide bonds. The Balaban J connectivity index is 2.12. The highest BCUT2D eigenvalue weighted by Crippen LogP contribution is 2.36. The van der Waals surface area contributed by atoms with Gasteiger partial charge in [-0.15, -0.1) is 0 Å². The SMILES string of the molecule is CCC(C1CCCC1)n1cc(C(C)C)cn1. The lowest BCUT2D eigenvalue weighted by Gasteiger charge is -2.22. The molecule has 1 aromatic heterocycles. The van der Waals surface area contributed by atoms with E-state index in [1.807, 2.05) is 6.20 Å². The van der Waals surface area contributed by atoms with Crippen LogP contribution in [0.5, 0.6) is 0 Å². The van der Waals surface area contributed by atoms with Gasteiger partial charge in [0.15, 0.2) is 0 Å². The maximum absolute atomic E-state index is 4.57. The molecule has 1 aromatic rings. The van der Waals surface area contributed by atoms with Crippen LogP contribution in [-0.2, 0) is 0 Å². The zero-order valence-electron chi connectivity index (χ0n) is 10.8. The maximum atomic E-state index is 4.57. The van der Waals surface area contributed by atoms with Gasteiger partial charge in [0.05, 0.1) is 12.2 Å². The molecule has 0 N–H and O–H groups in total. The molecular weight excluding hydrogens is 196 g/mol. The van der Waals surface area contributed by atoms with Gasteiger partial charge in [-0.05, 0) is 36.7 Å². The predicted octanol–water partition coefficient (Wildman–Crippen LogP) is 4.15. The molecule has 90 valence electrons. The number of nitrogens with zero attached hydrogens (tertiary/aromatic N) is 2. The Morgan fingerprint density at radius 3 is 2.56 bits per heavy atom. The van der Waals surface area contributed by atoms with Gasteiger partial charge < -0.3 is 0 Å². The van der Waals surface area contributed by atoms with E-state index in [1.54, 1.807) is 0 Å². The Kier molecular flexibility index (Phi) is 3.67. The highest BCUT2D eigenvalue weighted by atomic mass is 15.3. The summed E-state index contributed by atoms with van der Waals surface area (Å²) < 4.78 is 2.23. The standard InChI is InChI=1S/C14H24N2/c1-4-14(12-7-5-6-8-12)16-10-13(9-15-16)11(2)3/h9-12,14H,4-8H2,1-3H3. The van der Waals surface area contributed by atoms with Crippen molar-refractivity contribution in [3.63, 3.8) is 0 Å². The lowest BCUT2D eigenvalue weighted by molar-refractivity contribution is 0.301. The molecule has 2 nitrogen and oxygen atoms in total. The molecule has 0 saturated heterocycles. The first-order chi connectivity index (χ1) is 7.72. The van der Waals surface area contributed by atoms with Crippen molar-refractivity contribution < 1.29 is 0 Å². The van der Waals surface area contributed by atoms with Gasteiger partial charge in [-0.1, -0.05) is 33.6 Å². The summed E-state index contributed by atoms with van der Waals surface area (Å²) in [4.78, 5) is 0. The van der Waals surface area contributed by atoms with Crippen molar-refractivity contribution >= 4 is 0 Å². The van der Waals surface area contributed by atoms with Gasteiger partial charge in [0.25, 0.3) is 0 Å². The van der Waals surface area contributed by atoms with Crippen molar-refractivity contribution in [3.8, 4) is 0 Å². The second-order valence-electron chi connectivity index (χ2n) is 5.43. The summed E-state index contributed by atoms with van der Waals surface area (Å²) in [5.41, 5.74) is 1.37. The monoisotopic (exact) mass is 220 g/mol. The summed E-state index contributed by atoms with van der Waals surface area (Å²) >= 11 is 0. The minimum absolute atomic E-state index is 0.592. The zero-order chi connectivity index (χ0) is 11.5. The largest absolute Gasteiger partial charge is 0.269 e. The van der Waals surface area contributed by atoms with Crippen molar-refractivity contribution in [2.75, 3.05) is 0 Å². The first-order valence-electron chi connectivity index (χ1n) is 6.76. The topological polar surface area (TPSA) is 17.8 Å². The van der Waals surface area contributed by atoms with Crippen molar-refractivity contribution in [2.24, 2.45) is 5.92 Å². The van der Waals surface area contributed by atoms with Crippen LogP contribution >= 0.6 is 0 Å². The second kappa shape index (κ2) is 5.03. The third-order valence-electron chi connectivity index (χ3n) is 3.99. The number of aromatic nitrogens is 2. The van der Waals surface area contributed by atoms with E-state index in [0.29, 0.717) is 12.0 Å². The normalized spacial score (nSPS) is 19.5. The Bertz CT molecular complexity index is 321. The molecule has 1 aliphatic carbocycles. The lowest BCUT2D eigenvalue weighted by Crippen LogP contribution is -2.17. The molecule has 0 radical (unpaired) electrons. The number of hydrogen-bond donors (Lipinski definition) is 0. The van der Waals surface area contributed by atoms with E-state index in [4.69, 9.17) is 0 Å². The molecule has 1 fully saturated rings. The Hall–Kier alpha value is -0.790. The average molecular weight is 220 g/mol. The maximum Gasteiger partial charge on any atom is 0.0544 e. The molecule has 0 aromatic carbocycles. The first kappa shape index (κ1) is 11.7. The van der Waals surface area contributed by atoms with E-state index in [2.05, 4.69) is 36.7 Å². The molecule has 0 spiro atoms. The van der Waals surface area contributed by atoms with Crippen LogP contribution in [0.2, 0.25) is 0 Å². The van der Waals surface area contributed by atoms with Gasteiger partial charge in [-0.25, -0.2) is 0 Å². The average Bonchev–Trinajstić information content (AvgIpc) is 2.88. The Morgan fingerprint density at radius 2 is 2.06 bits per heavy atom. The smallest absolute Gasteiger partial charge is 0.0544 e. The molecular formula is C14H24N2. The van der Waals surface area contributed by atoms with Crippen LogP contribution in [0.15, 0.2) is 12.4 Å². The summed E-state index contributed by atoms with van der Waals surface area (Å²) in [5.74, 6) is 1.46. The third-order valence-corrected chi connectivity index (χ3v) is 3.99. The summed E-state index contributed by atoms with van der Waals surface area (Å²) in [7, 11) is 0. The highest BCUT2D eigenvalue weighted by molar-refractivity contribution is 5.09. The fourth-order valence-electron chi connectivity index (χ4n) is 2.91. The quantitative estimate of drug-likeness (QED) is 0.745. The minimum Gasteiger partial charge on any atom is -0.269 e. The summed E-state index contributed by atoms with van der Waals surface area (Å²) in [6.45, 7) is 6.76. The van der Waals surface area contributed by atoms with E-state index in [1.165, 1.54) is 37.7 Å². The van der Waals surface area contributed by atoms with E-state index >= 15 is 0 Å².